The second kappa shape index (κ2) is 4.22. The van der Waals surface area contributed by atoms with E-state index in [4.69, 9.17) is 16.3 Å². The van der Waals surface area contributed by atoms with Crippen molar-refractivity contribution in [3.8, 4) is 0 Å². The first-order chi connectivity index (χ1) is 8.00. The topological polar surface area (TPSA) is 63.6 Å². The molecular weight excluding hydrogens is 244 g/mol. The zero-order chi connectivity index (χ0) is 12.6. The second-order valence-corrected chi connectivity index (χ2v) is 4.09. The molecule has 1 aliphatic heterocycles. The molecule has 0 amide bonds. The lowest BCUT2D eigenvalue weighted by Gasteiger charge is -2.10. The van der Waals surface area contributed by atoms with Crippen LogP contribution in [0.1, 0.15) is 18.6 Å². The van der Waals surface area contributed by atoms with Crippen LogP contribution in [0.2, 0.25) is 5.02 Å². The van der Waals surface area contributed by atoms with Crippen LogP contribution in [-0.4, -0.2) is 16.9 Å². The largest absolute Gasteiger partial charge is 0.507 e. The van der Waals surface area contributed by atoms with Gasteiger partial charge >= 0.3 is 5.97 Å². The standard InChI is InChI=1S/C12H9ClO4/c1-6(14)9-10(15)11(17-12(9)16)7-2-4-8(13)5-3-7/h2-5,11,15H,1H3. The summed E-state index contributed by atoms with van der Waals surface area (Å²) >= 11 is 5.73. The molecular formula is C12H9ClO4. The van der Waals surface area contributed by atoms with Crippen molar-refractivity contribution in [2.45, 2.75) is 13.0 Å². The molecule has 0 radical (unpaired) electrons. The first kappa shape index (κ1) is 11.7. The molecule has 2 rings (SSSR count). The third-order valence-electron chi connectivity index (χ3n) is 2.46. The summed E-state index contributed by atoms with van der Waals surface area (Å²) in [4.78, 5) is 22.5. The van der Waals surface area contributed by atoms with Gasteiger partial charge in [0.2, 0.25) is 0 Å². The first-order valence-electron chi connectivity index (χ1n) is 4.91. The number of benzene rings is 1. The summed E-state index contributed by atoms with van der Waals surface area (Å²) in [6.45, 7) is 1.21. The number of ether oxygens (including phenoxy) is 1. The van der Waals surface area contributed by atoms with Crippen molar-refractivity contribution in [3.05, 3.63) is 46.2 Å². The molecule has 1 aromatic rings. The lowest BCUT2D eigenvalue weighted by Crippen LogP contribution is -2.07. The Kier molecular flexibility index (Phi) is 2.90. The summed E-state index contributed by atoms with van der Waals surface area (Å²) in [6.07, 6.45) is -0.918. The van der Waals surface area contributed by atoms with Crippen LogP contribution in [0.3, 0.4) is 0 Å². The van der Waals surface area contributed by atoms with Crippen LogP contribution < -0.4 is 0 Å². The van der Waals surface area contributed by atoms with Crippen molar-refractivity contribution < 1.29 is 19.4 Å². The Morgan fingerprint density at radius 1 is 1.35 bits per heavy atom. The predicted molar refractivity (Wildman–Crippen MR) is 60.6 cm³/mol. The third kappa shape index (κ3) is 2.03. The van der Waals surface area contributed by atoms with E-state index >= 15 is 0 Å². The maximum atomic E-state index is 11.4. The molecule has 0 spiro atoms. The Bertz CT molecular complexity index is 516. The molecule has 1 unspecified atom stereocenters. The SMILES string of the molecule is CC(=O)C1=C(O)C(c2ccc(Cl)cc2)OC1=O. The van der Waals surface area contributed by atoms with Crippen LogP contribution in [0.15, 0.2) is 35.6 Å². The highest BCUT2D eigenvalue weighted by atomic mass is 35.5. The van der Waals surface area contributed by atoms with Crippen molar-refractivity contribution in [3.63, 3.8) is 0 Å². The van der Waals surface area contributed by atoms with E-state index in [9.17, 15) is 14.7 Å². The van der Waals surface area contributed by atoms with Gasteiger partial charge in [-0.25, -0.2) is 4.79 Å². The van der Waals surface area contributed by atoms with E-state index in [1.807, 2.05) is 0 Å². The smallest absolute Gasteiger partial charge is 0.346 e. The number of carbonyl (C=O) groups excluding carboxylic acids is 2. The quantitative estimate of drug-likeness (QED) is 0.648. The number of carbonyl (C=O) groups is 2. The van der Waals surface area contributed by atoms with Gasteiger partial charge in [0.15, 0.2) is 17.6 Å². The maximum Gasteiger partial charge on any atom is 0.346 e. The van der Waals surface area contributed by atoms with Gasteiger partial charge in [-0.2, -0.15) is 0 Å². The van der Waals surface area contributed by atoms with Crippen LogP contribution in [-0.2, 0) is 14.3 Å². The Hall–Kier alpha value is -1.81. The molecule has 17 heavy (non-hydrogen) atoms. The maximum absolute atomic E-state index is 11.4. The van der Waals surface area contributed by atoms with E-state index in [0.717, 1.165) is 0 Å². The van der Waals surface area contributed by atoms with Crippen molar-refractivity contribution >= 4 is 23.4 Å². The van der Waals surface area contributed by atoms with Crippen LogP contribution >= 0.6 is 11.6 Å². The minimum Gasteiger partial charge on any atom is -0.507 e. The number of esters is 1. The first-order valence-corrected chi connectivity index (χ1v) is 5.29. The van der Waals surface area contributed by atoms with Crippen LogP contribution in [0, 0.1) is 0 Å². The average Bonchev–Trinajstić information content (AvgIpc) is 2.55. The van der Waals surface area contributed by atoms with Crippen LogP contribution in [0.5, 0.6) is 0 Å². The number of hydrogen-bond donors (Lipinski definition) is 1. The number of rotatable bonds is 2. The molecule has 1 aromatic carbocycles. The number of Topliss-reactive ketones (excluding diaryl/α,β-unsaturated/α-hetero) is 1. The third-order valence-corrected chi connectivity index (χ3v) is 2.71. The van der Waals surface area contributed by atoms with E-state index in [1.54, 1.807) is 24.3 Å². The molecule has 1 heterocycles. The fraction of sp³-hybridized carbons (Fsp3) is 0.167. The Balaban J connectivity index is 2.40. The normalized spacial score (nSPS) is 19.4. The Morgan fingerprint density at radius 3 is 2.41 bits per heavy atom. The van der Waals surface area contributed by atoms with E-state index in [0.29, 0.717) is 10.6 Å². The Morgan fingerprint density at radius 2 is 1.94 bits per heavy atom. The van der Waals surface area contributed by atoms with Crippen molar-refractivity contribution in [2.24, 2.45) is 0 Å². The molecule has 1 aliphatic rings. The van der Waals surface area contributed by atoms with Gasteiger partial charge in [0, 0.05) is 10.6 Å². The Labute approximate surface area is 102 Å². The van der Waals surface area contributed by atoms with Gasteiger partial charge in [-0.1, -0.05) is 23.7 Å². The van der Waals surface area contributed by atoms with Gasteiger partial charge in [0.1, 0.15) is 5.57 Å². The summed E-state index contributed by atoms with van der Waals surface area (Å²) in [5.74, 6) is -1.65. The zero-order valence-electron chi connectivity index (χ0n) is 8.94. The van der Waals surface area contributed by atoms with E-state index in [1.165, 1.54) is 6.92 Å². The fourth-order valence-corrected chi connectivity index (χ4v) is 1.77. The molecule has 1 N–H and O–H groups in total. The number of aliphatic hydroxyl groups is 1. The molecule has 4 nitrogen and oxygen atoms in total. The van der Waals surface area contributed by atoms with Gasteiger partial charge in [-0.05, 0) is 19.1 Å². The number of halogens is 1. The molecule has 88 valence electrons. The minimum atomic E-state index is -0.918. The van der Waals surface area contributed by atoms with Gasteiger partial charge in [0.05, 0.1) is 0 Å². The lowest BCUT2D eigenvalue weighted by molar-refractivity contribution is -0.141. The predicted octanol–water partition coefficient (Wildman–Crippen LogP) is 2.34. The summed E-state index contributed by atoms with van der Waals surface area (Å²) in [5, 5.41) is 10.3. The zero-order valence-corrected chi connectivity index (χ0v) is 9.69. The summed E-state index contributed by atoms with van der Waals surface area (Å²) < 4.78 is 4.95. The molecule has 0 aromatic heterocycles. The van der Waals surface area contributed by atoms with E-state index < -0.39 is 17.9 Å². The average molecular weight is 253 g/mol. The van der Waals surface area contributed by atoms with Crippen LogP contribution in [0.25, 0.3) is 0 Å². The summed E-state index contributed by atoms with van der Waals surface area (Å²) in [7, 11) is 0. The van der Waals surface area contributed by atoms with Gasteiger partial charge in [-0.15, -0.1) is 0 Å². The van der Waals surface area contributed by atoms with Gasteiger partial charge < -0.3 is 9.84 Å². The number of cyclic esters (lactones) is 1. The molecule has 0 fully saturated rings. The van der Waals surface area contributed by atoms with Gasteiger partial charge in [0.25, 0.3) is 0 Å². The number of hydrogen-bond acceptors (Lipinski definition) is 4. The molecule has 5 heteroatoms. The number of ketones is 1. The van der Waals surface area contributed by atoms with Crippen molar-refractivity contribution in [1.82, 2.24) is 0 Å². The van der Waals surface area contributed by atoms with Gasteiger partial charge in [-0.3, -0.25) is 4.79 Å². The molecule has 1 atom stereocenters. The van der Waals surface area contributed by atoms with E-state index in [2.05, 4.69) is 0 Å². The second-order valence-electron chi connectivity index (χ2n) is 3.65. The highest BCUT2D eigenvalue weighted by Gasteiger charge is 2.37. The highest BCUT2D eigenvalue weighted by Crippen LogP contribution is 2.34. The molecule has 0 saturated heterocycles. The van der Waals surface area contributed by atoms with E-state index in [-0.39, 0.29) is 11.3 Å². The molecule has 0 bridgehead atoms. The molecule has 0 saturated carbocycles. The highest BCUT2D eigenvalue weighted by molar-refractivity contribution is 6.30. The van der Waals surface area contributed by atoms with Crippen molar-refractivity contribution in [2.75, 3.05) is 0 Å². The lowest BCUT2D eigenvalue weighted by atomic mass is 10.1. The fourth-order valence-electron chi connectivity index (χ4n) is 1.65. The van der Waals surface area contributed by atoms with Crippen LogP contribution in [0.4, 0.5) is 0 Å². The molecule has 0 aliphatic carbocycles. The number of aliphatic hydroxyl groups excluding tert-OH is 1. The minimum absolute atomic E-state index is 0.287. The summed E-state index contributed by atoms with van der Waals surface area (Å²) in [5.41, 5.74) is 0.279. The monoisotopic (exact) mass is 252 g/mol. The summed E-state index contributed by atoms with van der Waals surface area (Å²) in [6, 6.07) is 6.48. The van der Waals surface area contributed by atoms with Crippen molar-refractivity contribution in [1.29, 1.82) is 0 Å².